The molecule has 88 valence electrons. The van der Waals surface area contributed by atoms with Crippen LogP contribution in [0.25, 0.3) is 0 Å². The van der Waals surface area contributed by atoms with E-state index in [1.165, 1.54) is 11.1 Å². The van der Waals surface area contributed by atoms with Gasteiger partial charge in [-0.1, -0.05) is 36.2 Å². The van der Waals surface area contributed by atoms with E-state index in [4.69, 9.17) is 5.73 Å². The van der Waals surface area contributed by atoms with Crippen LogP contribution in [0.3, 0.4) is 0 Å². The zero-order chi connectivity index (χ0) is 12.1. The minimum atomic E-state index is 0.0748. The highest BCUT2D eigenvalue weighted by molar-refractivity contribution is 5.83. The van der Waals surface area contributed by atoms with Crippen molar-refractivity contribution in [3.63, 3.8) is 0 Å². The molecule has 0 amide bonds. The summed E-state index contributed by atoms with van der Waals surface area (Å²) in [6.45, 7) is 6.66. The molecule has 0 aliphatic heterocycles. The summed E-state index contributed by atoms with van der Waals surface area (Å²) < 4.78 is 0. The molecule has 2 N–H and O–H groups in total. The van der Waals surface area contributed by atoms with E-state index >= 15 is 0 Å². The Morgan fingerprint density at radius 3 is 2.31 bits per heavy atom. The van der Waals surface area contributed by atoms with Crippen LogP contribution in [-0.4, -0.2) is 12.3 Å². The predicted octanol–water partition coefficient (Wildman–Crippen LogP) is 2.40. The fraction of sp³-hybridized carbons (Fsp3) is 0.500. The molecular weight excluding hydrogens is 198 g/mol. The third-order valence-electron chi connectivity index (χ3n) is 2.81. The van der Waals surface area contributed by atoms with E-state index in [2.05, 4.69) is 32.0 Å². The third kappa shape index (κ3) is 3.78. The SMILES string of the molecule is Cc1cc(C)cc(CC(=O)C(C)CCN)c1. The van der Waals surface area contributed by atoms with Crippen LogP contribution in [0.5, 0.6) is 0 Å². The Morgan fingerprint density at radius 1 is 1.25 bits per heavy atom. The van der Waals surface area contributed by atoms with Gasteiger partial charge in [-0.05, 0) is 32.4 Å². The molecular formula is C14H21NO. The lowest BCUT2D eigenvalue weighted by atomic mass is 9.95. The maximum absolute atomic E-state index is 11.9. The molecule has 1 aromatic rings. The van der Waals surface area contributed by atoms with Crippen molar-refractivity contribution in [2.45, 2.75) is 33.6 Å². The first kappa shape index (κ1) is 12.9. The first-order valence-electron chi connectivity index (χ1n) is 5.83. The van der Waals surface area contributed by atoms with Crippen LogP contribution in [0.1, 0.15) is 30.0 Å². The number of Topliss-reactive ketones (excluding diaryl/α,β-unsaturated/α-hetero) is 1. The second-order valence-electron chi connectivity index (χ2n) is 4.62. The number of benzene rings is 1. The molecule has 0 saturated heterocycles. The molecule has 0 aliphatic carbocycles. The Kier molecular flexibility index (Phi) is 4.69. The monoisotopic (exact) mass is 219 g/mol. The van der Waals surface area contributed by atoms with Gasteiger partial charge in [-0.15, -0.1) is 0 Å². The maximum Gasteiger partial charge on any atom is 0.140 e. The third-order valence-corrected chi connectivity index (χ3v) is 2.81. The van der Waals surface area contributed by atoms with Crippen molar-refractivity contribution < 1.29 is 4.79 Å². The van der Waals surface area contributed by atoms with E-state index in [1.807, 2.05) is 6.92 Å². The number of aryl methyl sites for hydroxylation is 2. The van der Waals surface area contributed by atoms with Crippen molar-refractivity contribution in [1.29, 1.82) is 0 Å². The highest BCUT2D eigenvalue weighted by atomic mass is 16.1. The van der Waals surface area contributed by atoms with Gasteiger partial charge in [0.25, 0.3) is 0 Å². The highest BCUT2D eigenvalue weighted by Crippen LogP contribution is 2.13. The molecule has 0 spiro atoms. The van der Waals surface area contributed by atoms with Gasteiger partial charge in [0.15, 0.2) is 0 Å². The van der Waals surface area contributed by atoms with E-state index in [1.54, 1.807) is 0 Å². The van der Waals surface area contributed by atoms with Crippen LogP contribution in [0, 0.1) is 19.8 Å². The van der Waals surface area contributed by atoms with Crippen molar-refractivity contribution in [3.05, 3.63) is 34.9 Å². The van der Waals surface area contributed by atoms with Crippen LogP contribution in [0.2, 0.25) is 0 Å². The van der Waals surface area contributed by atoms with Gasteiger partial charge in [0.05, 0.1) is 0 Å². The summed E-state index contributed by atoms with van der Waals surface area (Å²) >= 11 is 0. The minimum absolute atomic E-state index is 0.0748. The van der Waals surface area contributed by atoms with Crippen LogP contribution in [0.4, 0.5) is 0 Å². The van der Waals surface area contributed by atoms with E-state index in [9.17, 15) is 4.79 Å². The molecule has 2 heteroatoms. The highest BCUT2D eigenvalue weighted by Gasteiger charge is 2.12. The second-order valence-corrected chi connectivity index (χ2v) is 4.62. The first-order valence-corrected chi connectivity index (χ1v) is 5.83. The molecule has 1 aromatic carbocycles. The number of rotatable bonds is 5. The van der Waals surface area contributed by atoms with E-state index < -0.39 is 0 Å². The molecule has 2 nitrogen and oxygen atoms in total. The van der Waals surface area contributed by atoms with Gasteiger partial charge in [-0.25, -0.2) is 0 Å². The molecule has 0 radical (unpaired) electrons. The number of carbonyl (C=O) groups excluding carboxylic acids is 1. The van der Waals surface area contributed by atoms with Gasteiger partial charge in [-0.2, -0.15) is 0 Å². The lowest BCUT2D eigenvalue weighted by molar-refractivity contribution is -0.121. The Morgan fingerprint density at radius 2 is 1.81 bits per heavy atom. The number of carbonyl (C=O) groups is 1. The molecule has 0 fully saturated rings. The lowest BCUT2D eigenvalue weighted by Gasteiger charge is -2.09. The van der Waals surface area contributed by atoms with Crippen LogP contribution >= 0.6 is 0 Å². The zero-order valence-corrected chi connectivity index (χ0v) is 10.4. The molecule has 16 heavy (non-hydrogen) atoms. The van der Waals surface area contributed by atoms with Gasteiger partial charge in [0.2, 0.25) is 0 Å². The predicted molar refractivity (Wildman–Crippen MR) is 67.5 cm³/mol. The number of hydrogen-bond acceptors (Lipinski definition) is 2. The average molecular weight is 219 g/mol. The summed E-state index contributed by atoms with van der Waals surface area (Å²) in [7, 11) is 0. The van der Waals surface area contributed by atoms with Gasteiger partial charge >= 0.3 is 0 Å². The normalized spacial score (nSPS) is 12.5. The summed E-state index contributed by atoms with van der Waals surface area (Å²) in [5.74, 6) is 0.362. The van der Waals surface area contributed by atoms with Gasteiger partial charge in [0.1, 0.15) is 5.78 Å². The van der Waals surface area contributed by atoms with E-state index in [-0.39, 0.29) is 11.7 Å². The molecule has 0 aliphatic rings. The van der Waals surface area contributed by atoms with Crippen LogP contribution in [-0.2, 0) is 11.2 Å². The lowest BCUT2D eigenvalue weighted by Crippen LogP contribution is -2.17. The Bertz CT molecular complexity index is 351. The average Bonchev–Trinajstić information content (AvgIpc) is 2.16. The van der Waals surface area contributed by atoms with Crippen molar-refractivity contribution in [2.24, 2.45) is 11.7 Å². The fourth-order valence-electron chi connectivity index (χ4n) is 1.96. The zero-order valence-electron chi connectivity index (χ0n) is 10.4. The van der Waals surface area contributed by atoms with Crippen molar-refractivity contribution in [3.8, 4) is 0 Å². The summed E-state index contributed by atoms with van der Waals surface area (Å²) in [4.78, 5) is 11.9. The summed E-state index contributed by atoms with van der Waals surface area (Å²) in [5.41, 5.74) is 9.01. The molecule has 0 aromatic heterocycles. The largest absolute Gasteiger partial charge is 0.330 e. The standard InChI is InChI=1S/C14H21NO/c1-10-6-11(2)8-13(7-10)9-14(16)12(3)4-5-15/h6-8,12H,4-5,9,15H2,1-3H3. The summed E-state index contributed by atoms with van der Waals surface area (Å²) in [5, 5.41) is 0. The van der Waals surface area contributed by atoms with Crippen molar-refractivity contribution in [2.75, 3.05) is 6.54 Å². The minimum Gasteiger partial charge on any atom is -0.330 e. The number of nitrogens with two attached hydrogens (primary N) is 1. The Labute approximate surface area is 97.9 Å². The Balaban J connectivity index is 2.69. The summed E-state index contributed by atoms with van der Waals surface area (Å²) in [6.07, 6.45) is 1.31. The molecule has 0 bridgehead atoms. The van der Waals surface area contributed by atoms with Gasteiger partial charge in [-0.3, -0.25) is 4.79 Å². The maximum atomic E-state index is 11.9. The number of hydrogen-bond donors (Lipinski definition) is 1. The molecule has 1 atom stereocenters. The van der Waals surface area contributed by atoms with Crippen molar-refractivity contribution in [1.82, 2.24) is 0 Å². The van der Waals surface area contributed by atoms with E-state index in [0.717, 1.165) is 12.0 Å². The molecule has 1 unspecified atom stereocenters. The van der Waals surface area contributed by atoms with Gasteiger partial charge in [0, 0.05) is 12.3 Å². The first-order chi connectivity index (χ1) is 7.52. The van der Waals surface area contributed by atoms with E-state index in [0.29, 0.717) is 13.0 Å². The van der Waals surface area contributed by atoms with Crippen LogP contribution < -0.4 is 5.73 Å². The van der Waals surface area contributed by atoms with Crippen LogP contribution in [0.15, 0.2) is 18.2 Å². The molecule has 0 saturated carbocycles. The fourth-order valence-corrected chi connectivity index (χ4v) is 1.96. The van der Waals surface area contributed by atoms with Gasteiger partial charge < -0.3 is 5.73 Å². The quantitative estimate of drug-likeness (QED) is 0.826. The Hall–Kier alpha value is -1.15. The number of ketones is 1. The van der Waals surface area contributed by atoms with Crippen molar-refractivity contribution >= 4 is 5.78 Å². The molecule has 1 rings (SSSR count). The topological polar surface area (TPSA) is 43.1 Å². The smallest absolute Gasteiger partial charge is 0.140 e. The molecule has 0 heterocycles. The summed E-state index contributed by atoms with van der Waals surface area (Å²) in [6, 6.07) is 6.29. The second kappa shape index (κ2) is 5.80.